The van der Waals surface area contributed by atoms with E-state index in [9.17, 15) is 20.1 Å². The van der Waals surface area contributed by atoms with Crippen LogP contribution < -0.4 is 0 Å². The second kappa shape index (κ2) is 6.82. The van der Waals surface area contributed by atoms with Crippen LogP contribution >= 0.6 is 0 Å². The van der Waals surface area contributed by atoms with Gasteiger partial charge in [0, 0.05) is 6.54 Å². The van der Waals surface area contributed by atoms with E-state index in [2.05, 4.69) is 13.8 Å². The molecule has 0 aromatic heterocycles. The zero-order chi connectivity index (χ0) is 17.4. The van der Waals surface area contributed by atoms with Crippen LogP contribution in [0.3, 0.4) is 0 Å². The zero-order valence-electron chi connectivity index (χ0n) is 14.4. The fourth-order valence-corrected chi connectivity index (χ4v) is 4.20. The fourth-order valence-electron chi connectivity index (χ4n) is 4.20. The molecule has 3 atom stereocenters. The number of fused-ring (bicyclic) bond motifs is 3. The lowest BCUT2D eigenvalue weighted by atomic mass is 9.78. The summed E-state index contributed by atoms with van der Waals surface area (Å²) in [6, 6.07) is 3.72. The smallest absolute Gasteiger partial charge is 0.228 e. The number of aliphatic hydroxyl groups excluding tert-OH is 3. The molecule has 0 bridgehead atoms. The van der Waals surface area contributed by atoms with Crippen molar-refractivity contribution in [2.45, 2.75) is 58.5 Å². The number of aliphatic hydroxyl groups is 3. The van der Waals surface area contributed by atoms with Crippen molar-refractivity contribution in [3.05, 3.63) is 34.4 Å². The Kier molecular flexibility index (Phi) is 4.95. The number of piperidine rings is 1. The molecule has 5 heteroatoms. The Morgan fingerprint density at radius 1 is 1.21 bits per heavy atom. The lowest BCUT2D eigenvalue weighted by molar-refractivity contribution is -0.151. The average molecular weight is 333 g/mol. The highest BCUT2D eigenvalue weighted by Crippen LogP contribution is 2.41. The summed E-state index contributed by atoms with van der Waals surface area (Å²) in [5.74, 6) is 0.113. The van der Waals surface area contributed by atoms with E-state index in [-0.39, 0.29) is 31.1 Å². The lowest BCUT2D eigenvalue weighted by Crippen LogP contribution is -2.52. The van der Waals surface area contributed by atoms with Gasteiger partial charge in [-0.2, -0.15) is 0 Å². The molecule has 0 aliphatic carbocycles. The Hall–Kier alpha value is -1.43. The number of nitrogens with zero attached hydrogens (tertiary/aromatic N) is 1. The Morgan fingerprint density at radius 3 is 2.50 bits per heavy atom. The quantitative estimate of drug-likeness (QED) is 0.780. The van der Waals surface area contributed by atoms with Gasteiger partial charge in [0.25, 0.3) is 0 Å². The normalized spacial score (nSPS) is 26.5. The highest BCUT2D eigenvalue weighted by Gasteiger charge is 2.43. The van der Waals surface area contributed by atoms with Gasteiger partial charge in [0.15, 0.2) is 0 Å². The molecule has 24 heavy (non-hydrogen) atoms. The Balaban J connectivity index is 1.94. The summed E-state index contributed by atoms with van der Waals surface area (Å²) < 4.78 is 0. The van der Waals surface area contributed by atoms with Crippen LogP contribution in [0.5, 0.6) is 0 Å². The first-order valence-electron chi connectivity index (χ1n) is 8.81. The third-order valence-electron chi connectivity index (χ3n) is 5.41. The van der Waals surface area contributed by atoms with Crippen molar-refractivity contribution in [1.29, 1.82) is 0 Å². The summed E-state index contributed by atoms with van der Waals surface area (Å²) >= 11 is 0. The molecule has 132 valence electrons. The highest BCUT2D eigenvalue weighted by molar-refractivity contribution is 5.81. The Bertz CT molecular complexity index is 628. The van der Waals surface area contributed by atoms with Crippen LogP contribution in [0.1, 0.15) is 55.0 Å². The molecule has 3 rings (SSSR count). The van der Waals surface area contributed by atoms with Gasteiger partial charge in [0.1, 0.15) is 0 Å². The van der Waals surface area contributed by atoms with Gasteiger partial charge in [-0.1, -0.05) is 26.0 Å². The minimum Gasteiger partial charge on any atom is -0.392 e. The average Bonchev–Trinajstić information content (AvgIpc) is 2.56. The number of carbonyl (C=O) groups excluding carboxylic acids is 1. The second-order valence-corrected chi connectivity index (χ2v) is 7.47. The first kappa shape index (κ1) is 17.4. The molecule has 3 N–H and O–H groups in total. The highest BCUT2D eigenvalue weighted by atomic mass is 16.3. The molecule has 2 aliphatic rings. The van der Waals surface area contributed by atoms with Crippen molar-refractivity contribution in [2.75, 3.05) is 6.54 Å². The maximum Gasteiger partial charge on any atom is 0.228 e. The summed E-state index contributed by atoms with van der Waals surface area (Å²) in [4.78, 5) is 14.8. The first-order chi connectivity index (χ1) is 11.5. The molecule has 0 saturated carbocycles. The molecule has 0 radical (unpaired) electrons. The Labute approximate surface area is 142 Å². The largest absolute Gasteiger partial charge is 0.392 e. The van der Waals surface area contributed by atoms with Crippen LogP contribution in [-0.4, -0.2) is 38.8 Å². The standard InChI is InChI=1S/C19H27NO4/c1-11(2)5-16-18(23)8-17-15-7-14(10-22)13(9-21)6-12(15)3-4-20(17)19(16)24/h6-7,11,16-18,21-23H,3-5,8-10H2,1-2H3/t16-,17+,18+/m0/s1. The van der Waals surface area contributed by atoms with E-state index in [0.29, 0.717) is 30.9 Å². The van der Waals surface area contributed by atoms with E-state index >= 15 is 0 Å². The van der Waals surface area contributed by atoms with Gasteiger partial charge in [0.05, 0.1) is 31.3 Å². The third kappa shape index (κ3) is 2.96. The number of carbonyl (C=O) groups is 1. The first-order valence-corrected chi connectivity index (χ1v) is 8.81. The topological polar surface area (TPSA) is 81.0 Å². The van der Waals surface area contributed by atoms with Gasteiger partial charge in [-0.3, -0.25) is 4.79 Å². The molecule has 1 amide bonds. The van der Waals surface area contributed by atoms with Crippen molar-refractivity contribution < 1.29 is 20.1 Å². The van der Waals surface area contributed by atoms with Crippen LogP contribution in [0.25, 0.3) is 0 Å². The van der Waals surface area contributed by atoms with Crippen LogP contribution in [-0.2, 0) is 24.4 Å². The SMILES string of the molecule is CC(C)C[C@@H]1C(=O)N2CCc3cc(CO)c(CO)cc3[C@H]2C[C@H]1O. The molecule has 0 unspecified atom stereocenters. The minimum atomic E-state index is -0.623. The van der Waals surface area contributed by atoms with Crippen LogP contribution in [0.2, 0.25) is 0 Å². The van der Waals surface area contributed by atoms with Gasteiger partial charge >= 0.3 is 0 Å². The van der Waals surface area contributed by atoms with E-state index in [1.807, 2.05) is 17.0 Å². The molecule has 0 spiro atoms. The van der Waals surface area contributed by atoms with Gasteiger partial charge in [-0.15, -0.1) is 0 Å². The van der Waals surface area contributed by atoms with Gasteiger partial charge in [0.2, 0.25) is 5.91 Å². The van der Waals surface area contributed by atoms with Gasteiger partial charge in [-0.25, -0.2) is 0 Å². The van der Waals surface area contributed by atoms with Gasteiger partial charge in [-0.05, 0) is 47.4 Å². The van der Waals surface area contributed by atoms with Crippen molar-refractivity contribution >= 4 is 5.91 Å². The number of hydrogen-bond acceptors (Lipinski definition) is 4. The van der Waals surface area contributed by atoms with E-state index in [0.717, 1.165) is 23.1 Å². The van der Waals surface area contributed by atoms with Crippen molar-refractivity contribution in [1.82, 2.24) is 4.90 Å². The molecule has 2 aliphatic heterocycles. The number of rotatable bonds is 4. The molecule has 5 nitrogen and oxygen atoms in total. The maximum absolute atomic E-state index is 12.9. The zero-order valence-corrected chi connectivity index (χ0v) is 14.4. The van der Waals surface area contributed by atoms with E-state index < -0.39 is 6.10 Å². The minimum absolute atomic E-state index is 0.0508. The molecule has 1 aromatic carbocycles. The van der Waals surface area contributed by atoms with Gasteiger partial charge < -0.3 is 20.2 Å². The molecule has 2 heterocycles. The van der Waals surface area contributed by atoms with Crippen molar-refractivity contribution in [2.24, 2.45) is 11.8 Å². The summed E-state index contributed by atoms with van der Waals surface area (Å²) in [5.41, 5.74) is 3.56. The predicted octanol–water partition coefficient (Wildman–Crippen LogP) is 1.52. The number of benzene rings is 1. The van der Waals surface area contributed by atoms with Crippen LogP contribution in [0, 0.1) is 11.8 Å². The fraction of sp³-hybridized carbons (Fsp3) is 0.632. The van der Waals surface area contributed by atoms with E-state index in [1.165, 1.54) is 0 Å². The van der Waals surface area contributed by atoms with Crippen LogP contribution in [0.4, 0.5) is 0 Å². The molecule has 1 fully saturated rings. The summed E-state index contributed by atoms with van der Waals surface area (Å²) in [6.45, 7) is 4.56. The van der Waals surface area contributed by atoms with E-state index in [4.69, 9.17) is 0 Å². The summed E-state index contributed by atoms with van der Waals surface area (Å²) in [6.07, 6.45) is 1.38. The van der Waals surface area contributed by atoms with E-state index in [1.54, 1.807) is 0 Å². The number of amides is 1. The molecular weight excluding hydrogens is 306 g/mol. The van der Waals surface area contributed by atoms with Crippen LogP contribution in [0.15, 0.2) is 12.1 Å². The third-order valence-corrected chi connectivity index (χ3v) is 5.41. The number of hydrogen-bond donors (Lipinski definition) is 3. The summed E-state index contributed by atoms with van der Waals surface area (Å²) in [7, 11) is 0. The molecule has 1 aromatic rings. The summed E-state index contributed by atoms with van der Waals surface area (Å²) in [5, 5.41) is 29.6. The monoisotopic (exact) mass is 333 g/mol. The second-order valence-electron chi connectivity index (χ2n) is 7.47. The molecular formula is C19H27NO4. The van der Waals surface area contributed by atoms with Crippen molar-refractivity contribution in [3.8, 4) is 0 Å². The van der Waals surface area contributed by atoms with Crippen molar-refractivity contribution in [3.63, 3.8) is 0 Å². The Morgan fingerprint density at radius 2 is 1.88 bits per heavy atom. The maximum atomic E-state index is 12.9. The lowest BCUT2D eigenvalue weighted by Gasteiger charge is -2.46. The predicted molar refractivity (Wildman–Crippen MR) is 90.0 cm³/mol. The molecule has 1 saturated heterocycles.